The zero-order valence-corrected chi connectivity index (χ0v) is 6.82. The van der Waals surface area contributed by atoms with Gasteiger partial charge in [-0.2, -0.15) is 0 Å². The molecule has 0 amide bonds. The van der Waals surface area contributed by atoms with E-state index >= 15 is 0 Å². The molecule has 0 aromatic carbocycles. The molecule has 0 aromatic rings. The molecule has 4 heteroatoms. The number of aliphatic hydroxyl groups is 1. The van der Waals surface area contributed by atoms with Gasteiger partial charge in [0.2, 0.25) is 0 Å². The van der Waals surface area contributed by atoms with Crippen LogP contribution in [0.3, 0.4) is 0 Å². The number of hydrogen-bond donors (Lipinski definition) is 1. The topological polar surface area (TPSA) is 47.9 Å². The third-order valence-corrected chi connectivity index (χ3v) is 1.96. The summed E-state index contributed by atoms with van der Waals surface area (Å²) in [4.78, 5) is 0. The van der Waals surface area contributed by atoms with Crippen LogP contribution in [0.25, 0.3) is 0 Å². The molecular formula is C7H14O4. The van der Waals surface area contributed by atoms with Crippen LogP contribution in [-0.2, 0) is 14.2 Å². The minimum atomic E-state index is -0.232. The van der Waals surface area contributed by atoms with Crippen molar-refractivity contribution in [3.8, 4) is 0 Å². The highest BCUT2D eigenvalue weighted by Crippen LogP contribution is 2.18. The number of aliphatic hydroxyl groups excluding tert-OH is 1. The van der Waals surface area contributed by atoms with Crippen molar-refractivity contribution < 1.29 is 19.3 Å². The Bertz CT molecular complexity index is 105. The van der Waals surface area contributed by atoms with Gasteiger partial charge < -0.3 is 19.3 Å². The largest absolute Gasteiger partial charge is 0.394 e. The van der Waals surface area contributed by atoms with Crippen LogP contribution in [0.5, 0.6) is 0 Å². The van der Waals surface area contributed by atoms with Crippen LogP contribution in [0, 0.1) is 0 Å². The number of methoxy groups -OCH3 is 2. The number of ether oxygens (including phenoxy) is 3. The molecule has 1 rings (SSSR count). The summed E-state index contributed by atoms with van der Waals surface area (Å²) in [6.45, 7) is 0.485. The van der Waals surface area contributed by atoms with E-state index < -0.39 is 0 Å². The fraction of sp³-hybridized carbons (Fsp3) is 1.00. The molecule has 0 aromatic heterocycles. The molecule has 4 nitrogen and oxygen atoms in total. The Morgan fingerprint density at radius 2 is 2.18 bits per heavy atom. The van der Waals surface area contributed by atoms with Gasteiger partial charge in [-0.25, -0.2) is 0 Å². The SMILES string of the molecule is COC1COC(CO)C1OC. The zero-order valence-electron chi connectivity index (χ0n) is 6.82. The van der Waals surface area contributed by atoms with E-state index in [9.17, 15) is 0 Å². The van der Waals surface area contributed by atoms with Gasteiger partial charge in [-0.1, -0.05) is 0 Å². The van der Waals surface area contributed by atoms with Gasteiger partial charge in [0, 0.05) is 14.2 Å². The van der Waals surface area contributed by atoms with E-state index in [1.54, 1.807) is 14.2 Å². The summed E-state index contributed by atoms with van der Waals surface area (Å²) in [5, 5.41) is 8.82. The van der Waals surface area contributed by atoms with Crippen molar-refractivity contribution in [2.24, 2.45) is 0 Å². The van der Waals surface area contributed by atoms with Gasteiger partial charge in [-0.15, -0.1) is 0 Å². The number of hydrogen-bond acceptors (Lipinski definition) is 4. The second-order valence-corrected chi connectivity index (χ2v) is 2.53. The van der Waals surface area contributed by atoms with Gasteiger partial charge >= 0.3 is 0 Å². The van der Waals surface area contributed by atoms with Crippen LogP contribution < -0.4 is 0 Å². The average Bonchev–Trinajstić information content (AvgIpc) is 2.45. The van der Waals surface area contributed by atoms with E-state index in [2.05, 4.69) is 0 Å². The highest BCUT2D eigenvalue weighted by Gasteiger charge is 2.36. The Kier molecular flexibility index (Phi) is 3.26. The summed E-state index contributed by atoms with van der Waals surface area (Å²) >= 11 is 0. The molecule has 66 valence electrons. The second kappa shape index (κ2) is 4.01. The fourth-order valence-corrected chi connectivity index (χ4v) is 1.31. The van der Waals surface area contributed by atoms with Crippen molar-refractivity contribution in [2.45, 2.75) is 18.3 Å². The van der Waals surface area contributed by atoms with Gasteiger partial charge in [0.1, 0.15) is 18.3 Å². The van der Waals surface area contributed by atoms with Crippen LogP contribution in [0.1, 0.15) is 0 Å². The van der Waals surface area contributed by atoms with E-state index in [-0.39, 0.29) is 24.9 Å². The number of rotatable bonds is 3. The lowest BCUT2D eigenvalue weighted by molar-refractivity contribution is -0.0395. The summed E-state index contributed by atoms with van der Waals surface area (Å²) in [6.07, 6.45) is -0.410. The lowest BCUT2D eigenvalue weighted by atomic mass is 10.1. The maximum atomic E-state index is 8.82. The van der Waals surface area contributed by atoms with Gasteiger partial charge in [0.25, 0.3) is 0 Å². The van der Waals surface area contributed by atoms with E-state index in [1.165, 1.54) is 0 Å². The Morgan fingerprint density at radius 3 is 2.64 bits per heavy atom. The van der Waals surface area contributed by atoms with Gasteiger partial charge in [-0.05, 0) is 0 Å². The maximum absolute atomic E-state index is 8.82. The molecule has 1 saturated heterocycles. The van der Waals surface area contributed by atoms with Crippen molar-refractivity contribution in [1.29, 1.82) is 0 Å². The third-order valence-electron chi connectivity index (χ3n) is 1.96. The van der Waals surface area contributed by atoms with Crippen molar-refractivity contribution in [2.75, 3.05) is 27.4 Å². The van der Waals surface area contributed by atoms with Crippen LogP contribution >= 0.6 is 0 Å². The summed E-state index contributed by atoms with van der Waals surface area (Å²) in [5.74, 6) is 0. The molecule has 0 radical (unpaired) electrons. The van der Waals surface area contributed by atoms with E-state index in [0.29, 0.717) is 6.61 Å². The fourth-order valence-electron chi connectivity index (χ4n) is 1.31. The Balaban J connectivity index is 2.48. The smallest absolute Gasteiger partial charge is 0.114 e. The van der Waals surface area contributed by atoms with E-state index in [1.807, 2.05) is 0 Å². The van der Waals surface area contributed by atoms with E-state index in [0.717, 1.165) is 0 Å². The summed E-state index contributed by atoms with van der Waals surface area (Å²) in [6, 6.07) is 0. The molecule has 1 heterocycles. The zero-order chi connectivity index (χ0) is 8.27. The molecule has 1 fully saturated rings. The lowest BCUT2D eigenvalue weighted by Gasteiger charge is -2.18. The molecule has 0 bridgehead atoms. The normalized spacial score (nSPS) is 37.9. The molecule has 11 heavy (non-hydrogen) atoms. The predicted octanol–water partition coefficient (Wildman–Crippen LogP) is -0.593. The van der Waals surface area contributed by atoms with Crippen LogP contribution in [0.15, 0.2) is 0 Å². The van der Waals surface area contributed by atoms with Crippen molar-refractivity contribution in [1.82, 2.24) is 0 Å². The Labute approximate surface area is 66.1 Å². The molecular weight excluding hydrogens is 148 g/mol. The Hall–Kier alpha value is -0.160. The molecule has 0 spiro atoms. The summed E-state index contributed by atoms with van der Waals surface area (Å²) in [7, 11) is 3.20. The highest BCUT2D eigenvalue weighted by molar-refractivity contribution is 4.84. The summed E-state index contributed by atoms with van der Waals surface area (Å²) in [5.41, 5.74) is 0. The quantitative estimate of drug-likeness (QED) is 0.602. The van der Waals surface area contributed by atoms with Gasteiger partial charge in [0.05, 0.1) is 13.2 Å². The van der Waals surface area contributed by atoms with Crippen LogP contribution in [-0.4, -0.2) is 50.9 Å². The first-order valence-electron chi connectivity index (χ1n) is 3.61. The molecule has 3 unspecified atom stereocenters. The average molecular weight is 162 g/mol. The van der Waals surface area contributed by atoms with Crippen molar-refractivity contribution in [3.05, 3.63) is 0 Å². The van der Waals surface area contributed by atoms with Crippen LogP contribution in [0.4, 0.5) is 0 Å². The first-order chi connectivity index (χ1) is 5.33. The first kappa shape index (κ1) is 8.93. The van der Waals surface area contributed by atoms with Gasteiger partial charge in [0.15, 0.2) is 0 Å². The molecule has 0 saturated carbocycles. The molecule has 0 aliphatic carbocycles. The monoisotopic (exact) mass is 162 g/mol. The van der Waals surface area contributed by atoms with Crippen molar-refractivity contribution >= 4 is 0 Å². The maximum Gasteiger partial charge on any atom is 0.114 e. The van der Waals surface area contributed by atoms with Crippen LogP contribution in [0.2, 0.25) is 0 Å². The molecule has 1 aliphatic heterocycles. The van der Waals surface area contributed by atoms with Crippen molar-refractivity contribution in [3.63, 3.8) is 0 Å². The Morgan fingerprint density at radius 1 is 1.45 bits per heavy atom. The summed E-state index contributed by atoms with van der Waals surface area (Å²) < 4.78 is 15.4. The third kappa shape index (κ3) is 1.70. The lowest BCUT2D eigenvalue weighted by Crippen LogP contribution is -2.35. The molecule has 1 aliphatic rings. The predicted molar refractivity (Wildman–Crippen MR) is 38.4 cm³/mol. The standard InChI is InChI=1S/C7H14O4/c1-9-6-4-11-5(3-8)7(6)10-2/h5-8H,3-4H2,1-2H3. The highest BCUT2D eigenvalue weighted by atomic mass is 16.6. The van der Waals surface area contributed by atoms with E-state index in [4.69, 9.17) is 19.3 Å². The molecule has 3 atom stereocenters. The first-order valence-corrected chi connectivity index (χ1v) is 3.61. The second-order valence-electron chi connectivity index (χ2n) is 2.53. The minimum absolute atomic E-state index is 0.0155. The molecule has 1 N–H and O–H groups in total. The minimum Gasteiger partial charge on any atom is -0.394 e. The van der Waals surface area contributed by atoms with Gasteiger partial charge in [-0.3, -0.25) is 0 Å².